The van der Waals surface area contributed by atoms with E-state index in [1.165, 1.54) is 53.4 Å². The van der Waals surface area contributed by atoms with Crippen LogP contribution in [0.4, 0.5) is 17.1 Å². The first-order valence-electron chi connectivity index (χ1n) is 10.9. The van der Waals surface area contributed by atoms with Crippen LogP contribution in [0.15, 0.2) is 48.5 Å². The average molecular weight is 483 g/mol. The van der Waals surface area contributed by atoms with E-state index in [9.17, 15) is 29.3 Å². The monoisotopic (exact) mass is 483 g/mol. The molecule has 184 valence electrons. The van der Waals surface area contributed by atoms with Crippen LogP contribution < -0.4 is 10.2 Å². The number of esters is 2. The first-order chi connectivity index (χ1) is 16.6. The molecule has 35 heavy (non-hydrogen) atoms. The molecule has 0 aromatic heterocycles. The standard InChI is InChI=1S/C24H25N3O8/c1-15(2)13-34-23(30)16-3-5-18(6-4-16)25-21(28)14-35-24(31)17-11-22(29)26(12-17)19-7-9-20(10-8-19)27(32)33/h3-10,15,17H,11-14H2,1-2H3,(H,25,28)/t17-/m0/s1. The van der Waals surface area contributed by atoms with Crippen molar-refractivity contribution < 1.29 is 33.6 Å². The third kappa shape index (κ3) is 6.85. The van der Waals surface area contributed by atoms with Gasteiger partial charge in [0.05, 0.1) is 23.0 Å². The van der Waals surface area contributed by atoms with Crippen molar-refractivity contribution in [3.63, 3.8) is 0 Å². The number of ether oxygens (including phenoxy) is 2. The highest BCUT2D eigenvalue weighted by molar-refractivity contribution is 6.00. The molecular weight excluding hydrogens is 458 g/mol. The molecule has 0 radical (unpaired) electrons. The number of nitrogens with zero attached hydrogens (tertiary/aromatic N) is 2. The van der Waals surface area contributed by atoms with Gasteiger partial charge >= 0.3 is 11.9 Å². The van der Waals surface area contributed by atoms with E-state index in [1.54, 1.807) is 0 Å². The third-order valence-electron chi connectivity index (χ3n) is 5.13. The van der Waals surface area contributed by atoms with Crippen LogP contribution in [0.5, 0.6) is 0 Å². The van der Waals surface area contributed by atoms with E-state index in [-0.39, 0.29) is 30.5 Å². The number of nitro groups is 1. The predicted octanol–water partition coefficient (Wildman–Crippen LogP) is 2.94. The van der Waals surface area contributed by atoms with Gasteiger partial charge in [0.15, 0.2) is 6.61 Å². The Balaban J connectivity index is 1.47. The fraction of sp³-hybridized carbons (Fsp3) is 0.333. The zero-order valence-electron chi connectivity index (χ0n) is 19.3. The maximum Gasteiger partial charge on any atom is 0.338 e. The van der Waals surface area contributed by atoms with Gasteiger partial charge in [-0.05, 0) is 42.3 Å². The molecule has 1 aliphatic heterocycles. The van der Waals surface area contributed by atoms with Crippen LogP contribution in [0.2, 0.25) is 0 Å². The lowest BCUT2D eigenvalue weighted by atomic mass is 10.1. The van der Waals surface area contributed by atoms with Gasteiger partial charge in [-0.25, -0.2) is 4.79 Å². The lowest BCUT2D eigenvalue weighted by molar-refractivity contribution is -0.384. The number of rotatable bonds is 9. The third-order valence-corrected chi connectivity index (χ3v) is 5.13. The Morgan fingerprint density at radius 2 is 1.74 bits per heavy atom. The fourth-order valence-corrected chi connectivity index (χ4v) is 3.34. The van der Waals surface area contributed by atoms with Crippen molar-refractivity contribution in [3.05, 3.63) is 64.2 Å². The van der Waals surface area contributed by atoms with E-state index >= 15 is 0 Å². The summed E-state index contributed by atoms with van der Waals surface area (Å²) in [5.41, 5.74) is 1.08. The lowest BCUT2D eigenvalue weighted by Crippen LogP contribution is -2.28. The molecule has 1 saturated heterocycles. The quantitative estimate of drug-likeness (QED) is 0.325. The smallest absolute Gasteiger partial charge is 0.338 e. The van der Waals surface area contributed by atoms with E-state index in [2.05, 4.69) is 5.32 Å². The van der Waals surface area contributed by atoms with Gasteiger partial charge in [-0.15, -0.1) is 0 Å². The van der Waals surface area contributed by atoms with Gasteiger partial charge in [0.25, 0.3) is 11.6 Å². The fourth-order valence-electron chi connectivity index (χ4n) is 3.34. The molecule has 1 aliphatic rings. The highest BCUT2D eigenvalue weighted by Gasteiger charge is 2.36. The van der Waals surface area contributed by atoms with Gasteiger partial charge < -0.3 is 19.7 Å². The largest absolute Gasteiger partial charge is 0.462 e. The second kappa shape index (κ2) is 11.2. The van der Waals surface area contributed by atoms with E-state index < -0.39 is 35.3 Å². The number of hydrogen-bond acceptors (Lipinski definition) is 8. The number of amides is 2. The number of carbonyl (C=O) groups is 4. The summed E-state index contributed by atoms with van der Waals surface area (Å²) in [7, 11) is 0. The number of nitrogens with one attached hydrogen (secondary N) is 1. The van der Waals surface area contributed by atoms with Crippen molar-refractivity contribution in [1.29, 1.82) is 0 Å². The number of carbonyl (C=O) groups excluding carboxylic acids is 4. The van der Waals surface area contributed by atoms with Crippen LogP contribution in [0.1, 0.15) is 30.6 Å². The first kappa shape index (κ1) is 25.3. The minimum absolute atomic E-state index is 0.0471. The van der Waals surface area contributed by atoms with E-state index in [4.69, 9.17) is 9.47 Å². The first-order valence-corrected chi connectivity index (χ1v) is 10.9. The van der Waals surface area contributed by atoms with Crippen molar-refractivity contribution >= 4 is 40.8 Å². The van der Waals surface area contributed by atoms with E-state index in [0.29, 0.717) is 23.5 Å². The van der Waals surface area contributed by atoms with Crippen molar-refractivity contribution in [3.8, 4) is 0 Å². The Labute approximate surface area is 201 Å². The molecule has 2 aromatic rings. The highest BCUT2D eigenvalue weighted by Crippen LogP contribution is 2.27. The van der Waals surface area contributed by atoms with Gasteiger partial charge in [0, 0.05) is 36.5 Å². The molecule has 0 aliphatic carbocycles. The SMILES string of the molecule is CC(C)COC(=O)c1ccc(NC(=O)COC(=O)[C@H]2CC(=O)N(c3ccc([N+](=O)[O-])cc3)C2)cc1. The van der Waals surface area contributed by atoms with E-state index in [1.807, 2.05) is 13.8 Å². The molecule has 11 heteroatoms. The molecule has 1 N–H and O–H groups in total. The molecule has 0 bridgehead atoms. The predicted molar refractivity (Wildman–Crippen MR) is 125 cm³/mol. The summed E-state index contributed by atoms with van der Waals surface area (Å²) < 4.78 is 10.2. The lowest BCUT2D eigenvalue weighted by Gasteiger charge is -2.16. The number of nitro benzene ring substituents is 1. The maximum absolute atomic E-state index is 12.4. The molecule has 11 nitrogen and oxygen atoms in total. The van der Waals surface area contributed by atoms with Gasteiger partial charge in [0.2, 0.25) is 5.91 Å². The van der Waals surface area contributed by atoms with Crippen molar-refractivity contribution in [2.45, 2.75) is 20.3 Å². The summed E-state index contributed by atoms with van der Waals surface area (Å²) in [5, 5.41) is 13.3. The summed E-state index contributed by atoms with van der Waals surface area (Å²) in [6.07, 6.45) is -0.0915. The van der Waals surface area contributed by atoms with Crippen LogP contribution in [0.3, 0.4) is 0 Å². The molecular formula is C24H25N3O8. The van der Waals surface area contributed by atoms with Crippen LogP contribution in [-0.4, -0.2) is 48.4 Å². The molecule has 2 aromatic carbocycles. The average Bonchev–Trinajstić information content (AvgIpc) is 3.23. The Morgan fingerprint density at radius 1 is 1.09 bits per heavy atom. The normalized spacial score (nSPS) is 15.1. The number of anilines is 2. The number of hydrogen-bond donors (Lipinski definition) is 1. The molecule has 1 atom stereocenters. The summed E-state index contributed by atoms with van der Waals surface area (Å²) in [6.45, 7) is 3.67. The number of benzene rings is 2. The number of non-ortho nitro benzene ring substituents is 1. The van der Waals surface area contributed by atoms with Crippen LogP contribution in [-0.2, 0) is 23.9 Å². The van der Waals surface area contributed by atoms with Gasteiger partial charge in [-0.2, -0.15) is 0 Å². The molecule has 3 rings (SSSR count). The maximum atomic E-state index is 12.4. The van der Waals surface area contributed by atoms with Gasteiger partial charge in [-0.1, -0.05) is 13.8 Å². The van der Waals surface area contributed by atoms with Crippen molar-refractivity contribution in [2.24, 2.45) is 11.8 Å². The Kier molecular flexibility index (Phi) is 8.13. The van der Waals surface area contributed by atoms with Crippen molar-refractivity contribution in [2.75, 3.05) is 30.0 Å². The Bertz CT molecular complexity index is 1110. The van der Waals surface area contributed by atoms with Gasteiger partial charge in [0.1, 0.15) is 0 Å². The minimum Gasteiger partial charge on any atom is -0.462 e. The minimum atomic E-state index is -0.762. The zero-order chi connectivity index (χ0) is 25.5. The van der Waals surface area contributed by atoms with Crippen molar-refractivity contribution in [1.82, 2.24) is 0 Å². The molecule has 0 saturated carbocycles. The summed E-state index contributed by atoms with van der Waals surface area (Å²) in [4.78, 5) is 60.4. The van der Waals surface area contributed by atoms with Crippen LogP contribution >= 0.6 is 0 Å². The Hall–Kier alpha value is -4.28. The second-order valence-corrected chi connectivity index (χ2v) is 8.40. The molecule has 0 spiro atoms. The van der Waals surface area contributed by atoms with E-state index in [0.717, 1.165) is 0 Å². The topological polar surface area (TPSA) is 145 Å². The second-order valence-electron chi connectivity index (χ2n) is 8.40. The van der Waals surface area contributed by atoms with Gasteiger partial charge in [-0.3, -0.25) is 24.5 Å². The molecule has 1 fully saturated rings. The van der Waals surface area contributed by atoms with Crippen LogP contribution in [0, 0.1) is 22.0 Å². The summed E-state index contributed by atoms with van der Waals surface area (Å²) >= 11 is 0. The van der Waals surface area contributed by atoms with Crippen LogP contribution in [0.25, 0.3) is 0 Å². The zero-order valence-corrected chi connectivity index (χ0v) is 19.3. The molecule has 2 amide bonds. The summed E-state index contributed by atoms with van der Waals surface area (Å²) in [6, 6.07) is 11.5. The summed E-state index contributed by atoms with van der Waals surface area (Å²) in [5.74, 6) is -2.60. The molecule has 0 unspecified atom stereocenters. The Morgan fingerprint density at radius 3 is 2.34 bits per heavy atom. The highest BCUT2D eigenvalue weighted by atomic mass is 16.6. The molecule has 1 heterocycles.